The highest BCUT2D eigenvalue weighted by molar-refractivity contribution is 6.05. The highest BCUT2D eigenvalue weighted by Gasteiger charge is 2.16. The third-order valence-electron chi connectivity index (χ3n) is 5.62. The lowest BCUT2D eigenvalue weighted by molar-refractivity contribution is -0.131. The van der Waals surface area contributed by atoms with Gasteiger partial charge >= 0.3 is 5.97 Å². The van der Waals surface area contributed by atoms with Crippen molar-refractivity contribution in [2.75, 3.05) is 5.73 Å². The number of carboxylic acid groups (broad SMARTS) is 1. The van der Waals surface area contributed by atoms with Gasteiger partial charge in [-0.1, -0.05) is 49.4 Å². The molecule has 164 valence electrons. The van der Waals surface area contributed by atoms with Crippen LogP contribution in [0.1, 0.15) is 41.2 Å². The van der Waals surface area contributed by atoms with E-state index in [2.05, 4.69) is 13.0 Å². The summed E-state index contributed by atoms with van der Waals surface area (Å²) in [6.45, 7) is 2.12. The lowest BCUT2D eigenvalue weighted by atomic mass is 9.86. The zero-order valence-corrected chi connectivity index (χ0v) is 18.2. The molecule has 5 nitrogen and oxygen atoms in total. The number of anilines is 1. The minimum Gasteiger partial charge on any atom is -0.478 e. The summed E-state index contributed by atoms with van der Waals surface area (Å²) in [7, 11) is 0. The number of aliphatic carboxylic acids is 1. The van der Waals surface area contributed by atoms with Crippen LogP contribution in [0.5, 0.6) is 0 Å². The van der Waals surface area contributed by atoms with Gasteiger partial charge in [-0.3, -0.25) is 0 Å². The predicted molar refractivity (Wildman–Crippen MR) is 134 cm³/mol. The second-order valence-electron chi connectivity index (χ2n) is 7.63. The van der Waals surface area contributed by atoms with Gasteiger partial charge in [0.15, 0.2) is 0 Å². The fourth-order valence-electron chi connectivity index (χ4n) is 4.06. The Hall–Kier alpha value is -4.38. The molecule has 4 rings (SSSR count). The number of nitrogens with one attached hydrogen (secondary N) is 1. The molecule has 0 amide bonds. The topological polar surface area (TPSA) is 100 Å². The van der Waals surface area contributed by atoms with E-state index in [1.165, 1.54) is 6.21 Å². The molecule has 0 unspecified atom stereocenters. The Morgan fingerprint density at radius 1 is 1.06 bits per heavy atom. The Morgan fingerprint density at radius 3 is 2.52 bits per heavy atom. The smallest absolute Gasteiger partial charge is 0.328 e. The van der Waals surface area contributed by atoms with Crippen LogP contribution >= 0.6 is 0 Å². The Morgan fingerprint density at radius 2 is 1.82 bits per heavy atom. The van der Waals surface area contributed by atoms with Crippen molar-refractivity contribution in [1.29, 1.82) is 5.41 Å². The molecule has 5 heteroatoms. The molecule has 0 saturated carbocycles. The Bertz CT molecular complexity index is 1390. The fourth-order valence-corrected chi connectivity index (χ4v) is 4.06. The maximum Gasteiger partial charge on any atom is 0.328 e. The van der Waals surface area contributed by atoms with Gasteiger partial charge in [-0.25, -0.2) is 4.79 Å². The van der Waals surface area contributed by atoms with Crippen molar-refractivity contribution in [3.8, 4) is 0 Å². The number of benzene rings is 3. The van der Waals surface area contributed by atoms with Gasteiger partial charge in [0.1, 0.15) is 5.58 Å². The van der Waals surface area contributed by atoms with E-state index in [1.54, 1.807) is 12.3 Å². The lowest BCUT2D eigenvalue weighted by Crippen LogP contribution is -1.99. The zero-order valence-electron chi connectivity index (χ0n) is 18.2. The molecule has 1 aromatic heterocycles. The average molecular weight is 437 g/mol. The van der Waals surface area contributed by atoms with Gasteiger partial charge in [-0.05, 0) is 70.2 Å². The van der Waals surface area contributed by atoms with Gasteiger partial charge in [-0.2, -0.15) is 0 Å². The maximum atomic E-state index is 10.9. The maximum absolute atomic E-state index is 10.9. The third kappa shape index (κ3) is 4.48. The summed E-state index contributed by atoms with van der Waals surface area (Å²) in [6, 6.07) is 21.5. The van der Waals surface area contributed by atoms with Gasteiger partial charge in [-0.15, -0.1) is 0 Å². The first-order chi connectivity index (χ1) is 16.0. The molecule has 33 heavy (non-hydrogen) atoms. The summed E-state index contributed by atoms with van der Waals surface area (Å²) < 4.78 is 5.63. The van der Waals surface area contributed by atoms with Crippen LogP contribution in [-0.4, -0.2) is 17.3 Å². The Labute approximate surface area is 192 Å². The number of nitrogens with two attached hydrogens (primary N) is 1. The quantitative estimate of drug-likeness (QED) is 0.134. The molecule has 4 aromatic rings. The summed E-state index contributed by atoms with van der Waals surface area (Å²) in [5, 5.41) is 17.7. The standard InChI is InChI=1S/C28H24N2O3/c1-2-22(23-4-3-5-26-24(23)14-15-33-26)28(20-11-12-25(30)21(16-20)17-29)19-9-6-18(7-10-19)8-13-27(31)32/h3-17,29H,2,30H2,1H3,(H,31,32)/b13-8+,28-22+,29-17?. The van der Waals surface area contributed by atoms with E-state index in [0.29, 0.717) is 11.3 Å². The zero-order chi connectivity index (χ0) is 23.4. The van der Waals surface area contributed by atoms with Crippen molar-refractivity contribution >= 4 is 46.1 Å². The van der Waals surface area contributed by atoms with Crippen LogP contribution in [0.25, 0.3) is 28.2 Å². The second-order valence-corrected chi connectivity index (χ2v) is 7.63. The van der Waals surface area contributed by atoms with E-state index in [-0.39, 0.29) is 0 Å². The van der Waals surface area contributed by atoms with Gasteiger partial charge in [0, 0.05) is 28.9 Å². The van der Waals surface area contributed by atoms with Crippen LogP contribution in [0.3, 0.4) is 0 Å². The van der Waals surface area contributed by atoms with Gasteiger partial charge in [0.2, 0.25) is 0 Å². The van der Waals surface area contributed by atoms with Crippen LogP contribution in [-0.2, 0) is 4.79 Å². The molecule has 0 aliphatic carbocycles. The number of nitrogen functional groups attached to an aromatic ring is 1. The molecule has 0 spiro atoms. The number of allylic oxidation sites excluding steroid dienone is 1. The molecular formula is C28H24N2O3. The monoisotopic (exact) mass is 436 g/mol. The van der Waals surface area contributed by atoms with Crippen molar-refractivity contribution in [1.82, 2.24) is 0 Å². The lowest BCUT2D eigenvalue weighted by Gasteiger charge is -2.18. The molecule has 0 aliphatic heterocycles. The second kappa shape index (κ2) is 9.40. The SMILES string of the molecule is CC/C(=C(/c1ccc(/C=C/C(=O)O)cc1)c1ccc(N)c(C=N)c1)c1cccc2occc12. The van der Waals surface area contributed by atoms with E-state index in [9.17, 15) is 4.79 Å². The van der Waals surface area contributed by atoms with Crippen LogP contribution in [0.2, 0.25) is 0 Å². The van der Waals surface area contributed by atoms with Crippen molar-refractivity contribution in [2.24, 2.45) is 0 Å². The van der Waals surface area contributed by atoms with E-state index in [4.69, 9.17) is 20.7 Å². The van der Waals surface area contributed by atoms with Gasteiger partial charge in [0.25, 0.3) is 0 Å². The van der Waals surface area contributed by atoms with Crippen LogP contribution < -0.4 is 5.73 Å². The number of fused-ring (bicyclic) bond motifs is 1. The van der Waals surface area contributed by atoms with Crippen molar-refractivity contribution in [3.63, 3.8) is 0 Å². The average Bonchev–Trinajstić information content (AvgIpc) is 3.31. The number of carbonyl (C=O) groups is 1. The summed E-state index contributed by atoms with van der Waals surface area (Å²) in [4.78, 5) is 10.9. The molecule has 0 atom stereocenters. The van der Waals surface area contributed by atoms with E-state index in [1.807, 2.05) is 60.7 Å². The first-order valence-corrected chi connectivity index (χ1v) is 10.6. The highest BCUT2D eigenvalue weighted by Crippen LogP contribution is 2.38. The van der Waals surface area contributed by atoms with Crippen LogP contribution in [0, 0.1) is 5.41 Å². The summed E-state index contributed by atoms with van der Waals surface area (Å²) >= 11 is 0. The molecular weight excluding hydrogens is 412 g/mol. The van der Waals surface area contributed by atoms with Crippen molar-refractivity contribution in [2.45, 2.75) is 13.3 Å². The molecule has 0 saturated heterocycles. The first-order valence-electron chi connectivity index (χ1n) is 10.6. The first kappa shape index (κ1) is 21.8. The predicted octanol–water partition coefficient (Wildman–Crippen LogP) is 6.48. The Balaban J connectivity index is 1.97. The molecule has 0 aliphatic rings. The van der Waals surface area contributed by atoms with Crippen molar-refractivity contribution < 1.29 is 14.3 Å². The molecule has 0 radical (unpaired) electrons. The van der Waals surface area contributed by atoms with E-state index >= 15 is 0 Å². The van der Waals surface area contributed by atoms with E-state index < -0.39 is 5.97 Å². The van der Waals surface area contributed by atoms with Crippen molar-refractivity contribution in [3.05, 3.63) is 107 Å². The highest BCUT2D eigenvalue weighted by atomic mass is 16.4. The minimum absolute atomic E-state index is 0.553. The normalized spacial score (nSPS) is 12.2. The molecule has 3 aromatic carbocycles. The summed E-state index contributed by atoms with van der Waals surface area (Å²) in [5.41, 5.74) is 14.1. The molecule has 0 bridgehead atoms. The largest absolute Gasteiger partial charge is 0.478 e. The number of rotatable bonds is 7. The van der Waals surface area contributed by atoms with Gasteiger partial charge < -0.3 is 20.7 Å². The minimum atomic E-state index is -0.984. The third-order valence-corrected chi connectivity index (χ3v) is 5.62. The molecule has 4 N–H and O–H groups in total. The number of hydrogen-bond acceptors (Lipinski definition) is 4. The molecule has 1 heterocycles. The molecule has 0 fully saturated rings. The number of hydrogen-bond donors (Lipinski definition) is 3. The number of carboxylic acids is 1. The van der Waals surface area contributed by atoms with E-state index in [0.717, 1.165) is 56.9 Å². The summed E-state index contributed by atoms with van der Waals surface area (Å²) in [5.74, 6) is -0.984. The summed E-state index contributed by atoms with van der Waals surface area (Å²) in [6.07, 6.45) is 6.42. The van der Waals surface area contributed by atoms with Crippen LogP contribution in [0.4, 0.5) is 5.69 Å². The van der Waals surface area contributed by atoms with Gasteiger partial charge in [0.05, 0.1) is 6.26 Å². The van der Waals surface area contributed by atoms with Crippen LogP contribution in [0.15, 0.2) is 83.5 Å². The number of furan rings is 1. The fraction of sp³-hybridized carbons (Fsp3) is 0.0714. The Kier molecular flexibility index (Phi) is 6.22.